The van der Waals surface area contributed by atoms with E-state index in [0.717, 1.165) is 5.69 Å². The molecule has 3 N–H and O–H groups in total. The number of hydrogen-bond donors (Lipinski definition) is 3. The molecule has 1 atom stereocenters. The summed E-state index contributed by atoms with van der Waals surface area (Å²) in [4.78, 5) is 11.9. The minimum Gasteiger partial charge on any atom is -0.507 e. The van der Waals surface area contributed by atoms with Gasteiger partial charge in [-0.2, -0.15) is 5.10 Å². The average molecular weight is 327 g/mol. The molecule has 1 aliphatic carbocycles. The van der Waals surface area contributed by atoms with Gasteiger partial charge in [-0.1, -0.05) is 25.1 Å². The molecule has 0 aromatic heterocycles. The van der Waals surface area contributed by atoms with E-state index in [1.807, 2.05) is 37.3 Å². The predicted molar refractivity (Wildman–Crippen MR) is 90.7 cm³/mol. The summed E-state index contributed by atoms with van der Waals surface area (Å²) in [5.74, 6) is -0.794. The van der Waals surface area contributed by atoms with Crippen LogP contribution < -0.4 is 10.7 Å². The molecule has 0 bridgehead atoms. The van der Waals surface area contributed by atoms with E-state index < -0.39 is 0 Å². The third-order valence-corrected chi connectivity index (χ3v) is 3.99. The molecule has 0 aliphatic heterocycles. The van der Waals surface area contributed by atoms with Crippen LogP contribution in [0.2, 0.25) is 0 Å². The summed E-state index contributed by atoms with van der Waals surface area (Å²) in [5.41, 5.74) is 4.61. The van der Waals surface area contributed by atoms with Crippen molar-refractivity contribution in [1.29, 1.82) is 0 Å². The summed E-state index contributed by atoms with van der Waals surface area (Å²) in [5, 5.41) is 17.0. The maximum absolute atomic E-state index is 13.9. The van der Waals surface area contributed by atoms with Gasteiger partial charge in [-0.3, -0.25) is 4.79 Å². The number of phenolic OH excluding ortho intramolecular Hbond substituents is 1. The molecule has 1 amide bonds. The minimum absolute atomic E-state index is 0.0221. The molecule has 0 radical (unpaired) electrons. The van der Waals surface area contributed by atoms with E-state index in [2.05, 4.69) is 15.8 Å². The molecule has 1 aliphatic rings. The summed E-state index contributed by atoms with van der Waals surface area (Å²) >= 11 is 0. The largest absolute Gasteiger partial charge is 0.507 e. The number of halogens is 1. The van der Waals surface area contributed by atoms with Gasteiger partial charge in [0.05, 0.1) is 12.3 Å². The molecule has 3 rings (SSSR count). The van der Waals surface area contributed by atoms with Gasteiger partial charge in [0, 0.05) is 16.8 Å². The number of hydrogen-bond acceptors (Lipinski definition) is 4. The molecule has 0 heterocycles. The number of carbonyl (C=O) groups excluding carboxylic acids is 1. The Kier molecular flexibility index (Phi) is 4.46. The van der Waals surface area contributed by atoms with Crippen molar-refractivity contribution in [1.82, 2.24) is 5.43 Å². The summed E-state index contributed by atoms with van der Waals surface area (Å²) in [6, 6.07) is 11.9. The third-order valence-electron chi connectivity index (χ3n) is 3.99. The standard InChI is InChI=1S/C18H18FN3O2/c1-11-9-14(18-15(23)8-7-13(19)17(11)18)21-22-16(24)10-20-12-5-3-2-4-6-12/h2-8,11,20,23H,9-10H2,1H3,(H,22,24)/b21-14+/t11-/m0/s1. The lowest BCUT2D eigenvalue weighted by Crippen LogP contribution is -2.26. The van der Waals surface area contributed by atoms with Crippen LogP contribution in [0.5, 0.6) is 5.75 Å². The number of anilines is 1. The van der Waals surface area contributed by atoms with Crippen LogP contribution in [0.3, 0.4) is 0 Å². The number of rotatable bonds is 4. The van der Waals surface area contributed by atoms with E-state index in [0.29, 0.717) is 23.3 Å². The second-order valence-corrected chi connectivity index (χ2v) is 5.77. The fraction of sp³-hybridized carbons (Fsp3) is 0.222. The van der Waals surface area contributed by atoms with Crippen LogP contribution in [0.4, 0.5) is 10.1 Å². The van der Waals surface area contributed by atoms with E-state index in [-0.39, 0.29) is 29.9 Å². The number of nitrogens with one attached hydrogen (secondary N) is 2. The van der Waals surface area contributed by atoms with Crippen molar-refractivity contribution in [2.45, 2.75) is 19.3 Å². The van der Waals surface area contributed by atoms with Crippen molar-refractivity contribution in [3.05, 3.63) is 59.4 Å². The monoisotopic (exact) mass is 327 g/mol. The first-order valence-electron chi connectivity index (χ1n) is 7.72. The Balaban J connectivity index is 1.68. The maximum Gasteiger partial charge on any atom is 0.259 e. The zero-order valence-corrected chi connectivity index (χ0v) is 13.2. The summed E-state index contributed by atoms with van der Waals surface area (Å²) in [6.07, 6.45) is 0.468. The first-order valence-corrected chi connectivity index (χ1v) is 7.72. The van der Waals surface area contributed by atoms with Gasteiger partial charge in [0.1, 0.15) is 11.6 Å². The SMILES string of the molecule is C[C@H]1C/C(=N\NC(=O)CNc2ccccc2)c2c(O)ccc(F)c21. The smallest absolute Gasteiger partial charge is 0.259 e. The fourth-order valence-electron chi connectivity index (χ4n) is 2.87. The van der Waals surface area contributed by atoms with Gasteiger partial charge in [-0.05, 0) is 36.6 Å². The molecular formula is C18H18FN3O2. The second kappa shape index (κ2) is 6.70. The number of benzene rings is 2. The van der Waals surface area contributed by atoms with Gasteiger partial charge in [-0.25, -0.2) is 9.82 Å². The number of aromatic hydroxyl groups is 1. The highest BCUT2D eigenvalue weighted by atomic mass is 19.1. The van der Waals surface area contributed by atoms with Gasteiger partial charge in [0.2, 0.25) is 0 Å². The second-order valence-electron chi connectivity index (χ2n) is 5.77. The van der Waals surface area contributed by atoms with Gasteiger partial charge >= 0.3 is 0 Å². The van der Waals surface area contributed by atoms with Crippen LogP contribution in [0, 0.1) is 5.82 Å². The first kappa shape index (κ1) is 16.0. The van der Waals surface area contributed by atoms with E-state index in [1.165, 1.54) is 12.1 Å². The fourth-order valence-corrected chi connectivity index (χ4v) is 2.87. The Morgan fingerprint density at radius 3 is 2.79 bits per heavy atom. The molecule has 6 heteroatoms. The van der Waals surface area contributed by atoms with E-state index in [9.17, 15) is 14.3 Å². The molecule has 24 heavy (non-hydrogen) atoms. The van der Waals surface area contributed by atoms with Crippen LogP contribution in [-0.4, -0.2) is 23.3 Å². The van der Waals surface area contributed by atoms with E-state index in [1.54, 1.807) is 0 Å². The Bertz CT molecular complexity index is 790. The van der Waals surface area contributed by atoms with Crippen LogP contribution in [0.25, 0.3) is 0 Å². The third kappa shape index (κ3) is 3.22. The number of hydrazone groups is 1. The first-order chi connectivity index (χ1) is 11.6. The highest BCUT2D eigenvalue weighted by molar-refractivity contribution is 6.07. The molecule has 0 spiro atoms. The molecule has 0 unspecified atom stereocenters. The van der Waals surface area contributed by atoms with Crippen LogP contribution in [0.15, 0.2) is 47.6 Å². The van der Waals surface area contributed by atoms with Crippen LogP contribution >= 0.6 is 0 Å². The quantitative estimate of drug-likeness (QED) is 0.756. The zero-order valence-electron chi connectivity index (χ0n) is 13.2. The topological polar surface area (TPSA) is 73.7 Å². The maximum atomic E-state index is 13.9. The Hall–Kier alpha value is -2.89. The summed E-state index contributed by atoms with van der Waals surface area (Å²) in [6.45, 7) is 1.93. The van der Waals surface area contributed by atoms with Crippen LogP contribution in [0.1, 0.15) is 30.4 Å². The molecule has 2 aromatic rings. The Morgan fingerprint density at radius 2 is 2.04 bits per heavy atom. The lowest BCUT2D eigenvalue weighted by atomic mass is 10.0. The van der Waals surface area contributed by atoms with E-state index >= 15 is 0 Å². The number of nitrogens with zero attached hydrogens (tertiary/aromatic N) is 1. The number of phenols is 1. The predicted octanol–water partition coefficient (Wildman–Crippen LogP) is 2.97. The number of para-hydroxylation sites is 1. The number of fused-ring (bicyclic) bond motifs is 1. The molecule has 2 aromatic carbocycles. The van der Waals surface area contributed by atoms with Gasteiger partial charge in [-0.15, -0.1) is 0 Å². The highest BCUT2D eigenvalue weighted by Crippen LogP contribution is 2.39. The number of carbonyl (C=O) groups is 1. The van der Waals surface area contributed by atoms with Gasteiger partial charge < -0.3 is 10.4 Å². The number of amides is 1. The molecule has 5 nitrogen and oxygen atoms in total. The molecule has 0 fully saturated rings. The van der Waals surface area contributed by atoms with E-state index in [4.69, 9.17) is 0 Å². The molecular weight excluding hydrogens is 309 g/mol. The van der Waals surface area contributed by atoms with Crippen molar-refractivity contribution in [2.24, 2.45) is 5.10 Å². The van der Waals surface area contributed by atoms with Crippen molar-refractivity contribution in [2.75, 3.05) is 11.9 Å². The van der Waals surface area contributed by atoms with Crippen molar-refractivity contribution >= 4 is 17.3 Å². The normalized spacial score (nSPS) is 17.6. The van der Waals surface area contributed by atoms with Crippen LogP contribution in [-0.2, 0) is 4.79 Å². The average Bonchev–Trinajstić information content (AvgIpc) is 2.93. The lowest BCUT2D eigenvalue weighted by molar-refractivity contribution is -0.119. The van der Waals surface area contributed by atoms with Crippen molar-refractivity contribution in [3.8, 4) is 5.75 Å². The Morgan fingerprint density at radius 1 is 1.29 bits per heavy atom. The highest BCUT2D eigenvalue weighted by Gasteiger charge is 2.30. The summed E-state index contributed by atoms with van der Waals surface area (Å²) in [7, 11) is 0. The Labute approximate surface area is 139 Å². The molecule has 0 saturated heterocycles. The molecule has 0 saturated carbocycles. The van der Waals surface area contributed by atoms with Crippen molar-refractivity contribution < 1.29 is 14.3 Å². The zero-order chi connectivity index (χ0) is 17.1. The van der Waals surface area contributed by atoms with Gasteiger partial charge in [0.25, 0.3) is 5.91 Å². The molecule has 124 valence electrons. The lowest BCUT2D eigenvalue weighted by Gasteiger charge is -2.07. The minimum atomic E-state index is -0.363. The van der Waals surface area contributed by atoms with Crippen molar-refractivity contribution in [3.63, 3.8) is 0 Å². The summed E-state index contributed by atoms with van der Waals surface area (Å²) < 4.78 is 13.9. The van der Waals surface area contributed by atoms with Gasteiger partial charge in [0.15, 0.2) is 0 Å².